The standard InChI is InChI=1S/C6H10O4P/c1-4-6(7)10-11(8)9-5(2)3/h4-5H,1H2,2-3H3/q+1. The largest absolute Gasteiger partial charge is 0.753 e. The quantitative estimate of drug-likeness (QED) is 0.485. The zero-order valence-corrected chi connectivity index (χ0v) is 7.34. The predicted molar refractivity (Wildman–Crippen MR) is 40.1 cm³/mol. The molecule has 0 N–H and O–H groups in total. The highest BCUT2D eigenvalue weighted by atomic mass is 31.1. The van der Waals surface area contributed by atoms with Gasteiger partial charge < -0.3 is 0 Å². The van der Waals surface area contributed by atoms with Gasteiger partial charge in [0.2, 0.25) is 0 Å². The minimum atomic E-state index is -2.34. The number of carbonyl (C=O) groups is 1. The molecule has 0 amide bonds. The van der Waals surface area contributed by atoms with E-state index in [2.05, 4.69) is 15.6 Å². The molecule has 1 atom stereocenters. The van der Waals surface area contributed by atoms with Gasteiger partial charge in [0.25, 0.3) is 0 Å². The van der Waals surface area contributed by atoms with Crippen LogP contribution in [0.25, 0.3) is 0 Å². The number of rotatable bonds is 4. The second-order valence-electron chi connectivity index (χ2n) is 1.99. The van der Waals surface area contributed by atoms with Gasteiger partial charge in [0.15, 0.2) is 0 Å². The normalized spacial score (nSPS) is 11.0. The van der Waals surface area contributed by atoms with E-state index in [1.54, 1.807) is 13.8 Å². The topological polar surface area (TPSA) is 52.6 Å². The lowest BCUT2D eigenvalue weighted by atomic mass is 10.5. The first kappa shape index (κ1) is 10.3. The highest BCUT2D eigenvalue weighted by Gasteiger charge is 2.26. The molecule has 4 nitrogen and oxygen atoms in total. The third-order valence-electron chi connectivity index (χ3n) is 0.628. The van der Waals surface area contributed by atoms with Crippen LogP contribution in [0, 0.1) is 0 Å². The smallest absolute Gasteiger partial charge is 0.241 e. The van der Waals surface area contributed by atoms with Crippen LogP contribution >= 0.6 is 8.25 Å². The van der Waals surface area contributed by atoms with Gasteiger partial charge in [0, 0.05) is 10.6 Å². The zero-order chi connectivity index (χ0) is 8.85. The first-order chi connectivity index (χ1) is 5.06. The number of hydrogen-bond donors (Lipinski definition) is 0. The molecule has 0 bridgehead atoms. The summed E-state index contributed by atoms with van der Waals surface area (Å²) in [6, 6.07) is 0. The molecule has 0 fully saturated rings. The third kappa shape index (κ3) is 5.70. The zero-order valence-electron chi connectivity index (χ0n) is 6.44. The molecule has 0 radical (unpaired) electrons. The van der Waals surface area contributed by atoms with E-state index in [9.17, 15) is 9.36 Å². The van der Waals surface area contributed by atoms with Gasteiger partial charge in [-0.05, 0) is 13.8 Å². The molecular formula is C6H10O4P+. The summed E-state index contributed by atoms with van der Waals surface area (Å²) in [6.45, 7) is 6.51. The molecule has 0 aromatic heterocycles. The second-order valence-corrected chi connectivity index (χ2v) is 2.83. The Labute approximate surface area is 66.1 Å². The molecule has 5 heteroatoms. The van der Waals surface area contributed by atoms with Crippen LogP contribution in [0.1, 0.15) is 13.8 Å². The Balaban J connectivity index is 3.69. The average Bonchev–Trinajstić information content (AvgIpc) is 1.85. The van der Waals surface area contributed by atoms with Crippen molar-refractivity contribution in [1.29, 1.82) is 0 Å². The molecular weight excluding hydrogens is 167 g/mol. The van der Waals surface area contributed by atoms with Crippen LogP contribution in [0.4, 0.5) is 0 Å². The SMILES string of the molecule is C=CC(=O)O[P+](=O)OC(C)C. The summed E-state index contributed by atoms with van der Waals surface area (Å²) in [5.74, 6) is -0.744. The first-order valence-corrected chi connectivity index (χ1v) is 4.14. The van der Waals surface area contributed by atoms with E-state index in [1.807, 2.05) is 0 Å². The molecule has 0 heterocycles. The van der Waals surface area contributed by atoms with Gasteiger partial charge in [-0.2, -0.15) is 4.52 Å². The van der Waals surface area contributed by atoms with E-state index in [4.69, 9.17) is 0 Å². The molecule has 62 valence electrons. The van der Waals surface area contributed by atoms with Crippen molar-refractivity contribution in [2.24, 2.45) is 0 Å². The monoisotopic (exact) mass is 177 g/mol. The fraction of sp³-hybridized carbons (Fsp3) is 0.500. The number of carbonyl (C=O) groups excluding carboxylic acids is 1. The van der Waals surface area contributed by atoms with Crippen molar-refractivity contribution < 1.29 is 18.4 Å². The highest BCUT2D eigenvalue weighted by molar-refractivity contribution is 7.34. The number of hydrogen-bond acceptors (Lipinski definition) is 4. The summed E-state index contributed by atoms with van der Waals surface area (Å²) in [6.07, 6.45) is 0.702. The Morgan fingerprint density at radius 2 is 2.18 bits per heavy atom. The molecule has 0 spiro atoms. The Kier molecular flexibility index (Phi) is 4.66. The Hall–Kier alpha value is -0.730. The van der Waals surface area contributed by atoms with Crippen LogP contribution < -0.4 is 0 Å². The fourth-order valence-corrected chi connectivity index (χ4v) is 0.913. The van der Waals surface area contributed by atoms with Crippen LogP contribution in [0.3, 0.4) is 0 Å². The van der Waals surface area contributed by atoms with Crippen LogP contribution in [0.15, 0.2) is 12.7 Å². The molecule has 11 heavy (non-hydrogen) atoms. The van der Waals surface area contributed by atoms with Crippen molar-refractivity contribution >= 4 is 14.2 Å². The van der Waals surface area contributed by atoms with E-state index in [0.717, 1.165) is 6.08 Å². The molecule has 0 aliphatic heterocycles. The Morgan fingerprint density at radius 1 is 1.64 bits per heavy atom. The van der Waals surface area contributed by atoms with Crippen molar-refractivity contribution in [3.63, 3.8) is 0 Å². The van der Waals surface area contributed by atoms with Crippen LogP contribution in [-0.4, -0.2) is 12.1 Å². The maximum absolute atomic E-state index is 10.7. The summed E-state index contributed by atoms with van der Waals surface area (Å²) in [5.41, 5.74) is 0. The van der Waals surface area contributed by atoms with E-state index in [1.165, 1.54) is 0 Å². The molecule has 0 aliphatic carbocycles. The van der Waals surface area contributed by atoms with E-state index in [0.29, 0.717) is 0 Å². The molecule has 0 saturated carbocycles. The van der Waals surface area contributed by atoms with Gasteiger partial charge in [-0.15, -0.1) is 4.52 Å². The molecule has 0 rings (SSSR count). The first-order valence-electron chi connectivity index (χ1n) is 3.04. The van der Waals surface area contributed by atoms with Gasteiger partial charge >= 0.3 is 14.2 Å². The van der Waals surface area contributed by atoms with Gasteiger partial charge in [0.1, 0.15) is 6.10 Å². The van der Waals surface area contributed by atoms with Crippen molar-refractivity contribution in [3.8, 4) is 0 Å². The van der Waals surface area contributed by atoms with Crippen LogP contribution in [-0.2, 0) is 18.4 Å². The predicted octanol–water partition coefficient (Wildman–Crippen LogP) is 1.80. The van der Waals surface area contributed by atoms with Gasteiger partial charge in [-0.1, -0.05) is 6.58 Å². The average molecular weight is 177 g/mol. The third-order valence-corrected chi connectivity index (χ3v) is 1.55. The second kappa shape index (κ2) is 4.99. The minimum absolute atomic E-state index is 0.226. The maximum atomic E-state index is 10.7. The summed E-state index contributed by atoms with van der Waals surface area (Å²) in [4.78, 5) is 10.4. The summed E-state index contributed by atoms with van der Waals surface area (Å²) < 4.78 is 19.5. The van der Waals surface area contributed by atoms with Gasteiger partial charge in [-0.25, -0.2) is 4.79 Å². The lowest BCUT2D eigenvalue weighted by molar-refractivity contribution is -0.129. The van der Waals surface area contributed by atoms with Gasteiger partial charge in [-0.3, -0.25) is 0 Å². The van der Waals surface area contributed by atoms with Crippen molar-refractivity contribution in [2.75, 3.05) is 0 Å². The van der Waals surface area contributed by atoms with Crippen molar-refractivity contribution in [3.05, 3.63) is 12.7 Å². The molecule has 0 saturated heterocycles. The Morgan fingerprint density at radius 3 is 2.55 bits per heavy atom. The maximum Gasteiger partial charge on any atom is 0.753 e. The summed E-state index contributed by atoms with van der Waals surface area (Å²) in [5, 5.41) is 0. The lowest BCUT2D eigenvalue weighted by Gasteiger charge is -1.90. The fourth-order valence-electron chi connectivity index (χ4n) is 0.304. The molecule has 0 aliphatic rings. The molecule has 1 unspecified atom stereocenters. The van der Waals surface area contributed by atoms with Gasteiger partial charge in [0.05, 0.1) is 0 Å². The van der Waals surface area contributed by atoms with E-state index < -0.39 is 14.2 Å². The minimum Gasteiger partial charge on any atom is -0.241 e. The van der Waals surface area contributed by atoms with Crippen LogP contribution in [0.5, 0.6) is 0 Å². The van der Waals surface area contributed by atoms with E-state index >= 15 is 0 Å². The molecule has 0 aromatic carbocycles. The molecule has 0 aromatic rings. The van der Waals surface area contributed by atoms with Crippen molar-refractivity contribution in [1.82, 2.24) is 0 Å². The Bertz CT molecular complexity index is 175. The van der Waals surface area contributed by atoms with Crippen molar-refractivity contribution in [2.45, 2.75) is 20.0 Å². The lowest BCUT2D eigenvalue weighted by Crippen LogP contribution is -1.99. The summed E-state index contributed by atoms with van der Waals surface area (Å²) in [7, 11) is -2.34. The van der Waals surface area contributed by atoms with Crippen LogP contribution in [0.2, 0.25) is 0 Å². The summed E-state index contributed by atoms with van der Waals surface area (Å²) >= 11 is 0. The van der Waals surface area contributed by atoms with E-state index in [-0.39, 0.29) is 6.10 Å². The highest BCUT2D eigenvalue weighted by Crippen LogP contribution is 2.25.